The van der Waals surface area contributed by atoms with Gasteiger partial charge in [-0.15, -0.1) is 0 Å². The van der Waals surface area contributed by atoms with E-state index < -0.39 is 10.9 Å². The van der Waals surface area contributed by atoms with Gasteiger partial charge in [-0.2, -0.15) is 0 Å². The fraction of sp³-hybridized carbons (Fsp3) is 0.188. The number of carboxylic acid groups (broad SMARTS) is 1. The Labute approximate surface area is 123 Å². The van der Waals surface area contributed by atoms with E-state index in [2.05, 4.69) is 0 Å². The predicted octanol–water partition coefficient (Wildman–Crippen LogP) is 3.91. The Bertz CT molecular complexity index is 623. The van der Waals surface area contributed by atoms with Crippen molar-refractivity contribution < 1.29 is 14.8 Å². The normalized spacial score (nSPS) is 9.43. The van der Waals surface area contributed by atoms with Crippen molar-refractivity contribution in [2.75, 3.05) is 0 Å². The summed E-state index contributed by atoms with van der Waals surface area (Å²) in [5.41, 5.74) is 1.09. The lowest BCUT2D eigenvalue weighted by molar-refractivity contribution is -0.385. The van der Waals surface area contributed by atoms with E-state index in [-0.39, 0.29) is 11.3 Å². The summed E-state index contributed by atoms with van der Waals surface area (Å²) in [7, 11) is 0. The minimum Gasteiger partial charge on any atom is -0.477 e. The number of nitrogens with zero attached hydrogens (tertiary/aromatic N) is 1. The Kier molecular flexibility index (Phi) is 6.07. The summed E-state index contributed by atoms with van der Waals surface area (Å²) in [6, 6.07) is 13.7. The first-order chi connectivity index (χ1) is 10.1. The number of carbonyl (C=O) groups is 1. The first-order valence-corrected chi connectivity index (χ1v) is 6.62. The lowest BCUT2D eigenvalue weighted by atomic mass is 10.0. The molecule has 0 atom stereocenters. The maximum absolute atomic E-state index is 11.0. The first kappa shape index (κ1) is 16.4. The quantitative estimate of drug-likeness (QED) is 0.682. The second-order valence-electron chi connectivity index (χ2n) is 4.08. The molecule has 5 nitrogen and oxygen atoms in total. The summed E-state index contributed by atoms with van der Waals surface area (Å²) in [5.74, 6) is -1.29. The van der Waals surface area contributed by atoms with Gasteiger partial charge in [0.1, 0.15) is 5.56 Å². The average molecular weight is 287 g/mol. The highest BCUT2D eigenvalue weighted by Crippen LogP contribution is 2.21. The van der Waals surface area contributed by atoms with E-state index in [0.29, 0.717) is 6.42 Å². The van der Waals surface area contributed by atoms with E-state index in [1.165, 1.54) is 12.1 Å². The summed E-state index contributed by atoms with van der Waals surface area (Å²) in [4.78, 5) is 21.1. The van der Waals surface area contributed by atoms with E-state index in [1.54, 1.807) is 6.07 Å². The predicted molar refractivity (Wildman–Crippen MR) is 80.7 cm³/mol. The van der Waals surface area contributed by atoms with Crippen molar-refractivity contribution in [1.29, 1.82) is 0 Å². The van der Waals surface area contributed by atoms with Crippen LogP contribution in [0.1, 0.15) is 35.3 Å². The third kappa shape index (κ3) is 4.42. The van der Waals surface area contributed by atoms with Crippen LogP contribution >= 0.6 is 0 Å². The molecular formula is C16H17NO4. The van der Waals surface area contributed by atoms with Crippen molar-refractivity contribution in [2.24, 2.45) is 0 Å². The van der Waals surface area contributed by atoms with Gasteiger partial charge < -0.3 is 5.11 Å². The van der Waals surface area contributed by atoms with Gasteiger partial charge in [0.05, 0.1) is 4.92 Å². The third-order valence-corrected chi connectivity index (χ3v) is 2.74. The van der Waals surface area contributed by atoms with Crippen LogP contribution in [0.2, 0.25) is 0 Å². The number of nitro groups is 1. The van der Waals surface area contributed by atoms with Crippen molar-refractivity contribution in [3.8, 4) is 0 Å². The van der Waals surface area contributed by atoms with Gasteiger partial charge in [0.25, 0.3) is 5.69 Å². The highest BCUT2D eigenvalue weighted by Gasteiger charge is 2.19. The highest BCUT2D eigenvalue weighted by atomic mass is 16.6. The number of hydrogen-bond donors (Lipinski definition) is 1. The number of hydrogen-bond acceptors (Lipinski definition) is 3. The van der Waals surface area contributed by atoms with Gasteiger partial charge in [-0.1, -0.05) is 50.2 Å². The van der Waals surface area contributed by atoms with Crippen molar-refractivity contribution in [3.05, 3.63) is 75.3 Å². The Morgan fingerprint density at radius 1 is 1.10 bits per heavy atom. The van der Waals surface area contributed by atoms with Crippen LogP contribution < -0.4 is 0 Å². The third-order valence-electron chi connectivity index (χ3n) is 2.74. The van der Waals surface area contributed by atoms with Gasteiger partial charge in [0.2, 0.25) is 0 Å². The maximum Gasteiger partial charge on any atom is 0.342 e. The van der Waals surface area contributed by atoms with Crippen molar-refractivity contribution in [1.82, 2.24) is 0 Å². The van der Waals surface area contributed by atoms with E-state index in [9.17, 15) is 14.9 Å². The molecule has 0 bridgehead atoms. The molecule has 0 saturated carbocycles. The van der Waals surface area contributed by atoms with Crippen LogP contribution in [0.4, 0.5) is 5.69 Å². The number of rotatable bonds is 4. The molecule has 0 spiro atoms. The lowest BCUT2D eigenvalue weighted by Gasteiger charge is -2.04. The molecule has 0 saturated heterocycles. The van der Waals surface area contributed by atoms with Crippen molar-refractivity contribution in [2.45, 2.75) is 20.3 Å². The van der Waals surface area contributed by atoms with E-state index in [1.807, 2.05) is 44.2 Å². The Hall–Kier alpha value is -2.69. The fourth-order valence-electron chi connectivity index (χ4n) is 1.86. The van der Waals surface area contributed by atoms with Crippen LogP contribution in [0, 0.1) is 10.1 Å². The zero-order valence-corrected chi connectivity index (χ0v) is 11.9. The van der Waals surface area contributed by atoms with Crippen LogP contribution in [0.25, 0.3) is 0 Å². The van der Waals surface area contributed by atoms with E-state index in [4.69, 9.17) is 5.11 Å². The van der Waals surface area contributed by atoms with Crippen LogP contribution in [0.3, 0.4) is 0 Å². The standard InChI is InChI=1S/C14H11NO4.C2H6/c16-14(17)12-9-11(6-7-13(12)15(18)19)8-10-4-2-1-3-5-10;1-2/h1-7,9H,8H2,(H,16,17);1-2H3. The molecule has 1 N–H and O–H groups in total. The van der Waals surface area contributed by atoms with Gasteiger partial charge in [-0.05, 0) is 23.6 Å². The smallest absolute Gasteiger partial charge is 0.342 e. The monoisotopic (exact) mass is 287 g/mol. The molecule has 0 amide bonds. The minimum atomic E-state index is -1.29. The van der Waals surface area contributed by atoms with Crippen molar-refractivity contribution >= 4 is 11.7 Å². The lowest BCUT2D eigenvalue weighted by Crippen LogP contribution is -2.04. The topological polar surface area (TPSA) is 80.4 Å². The molecule has 2 aromatic rings. The molecular weight excluding hydrogens is 270 g/mol. The Balaban J connectivity index is 0.00000106. The molecule has 2 aromatic carbocycles. The van der Waals surface area contributed by atoms with Gasteiger partial charge in [-0.25, -0.2) is 4.79 Å². The zero-order chi connectivity index (χ0) is 15.8. The molecule has 0 aliphatic heterocycles. The first-order valence-electron chi connectivity index (χ1n) is 6.62. The molecule has 0 unspecified atom stereocenters. The summed E-state index contributed by atoms with van der Waals surface area (Å²) in [6.07, 6.45) is 0.541. The average Bonchev–Trinajstić information content (AvgIpc) is 2.50. The molecule has 21 heavy (non-hydrogen) atoms. The van der Waals surface area contributed by atoms with Gasteiger partial charge in [-0.3, -0.25) is 10.1 Å². The molecule has 2 rings (SSSR count). The number of nitro benzene ring substituents is 1. The molecule has 0 aliphatic carbocycles. The number of benzene rings is 2. The zero-order valence-electron chi connectivity index (χ0n) is 11.9. The molecule has 0 aromatic heterocycles. The molecule has 0 heterocycles. The van der Waals surface area contributed by atoms with Gasteiger partial charge >= 0.3 is 5.97 Å². The molecule has 0 fully saturated rings. The SMILES string of the molecule is CC.O=C(O)c1cc(Cc2ccccc2)ccc1[N+](=O)[O-]. The highest BCUT2D eigenvalue weighted by molar-refractivity contribution is 5.92. The van der Waals surface area contributed by atoms with E-state index in [0.717, 1.165) is 11.1 Å². The summed E-state index contributed by atoms with van der Waals surface area (Å²) in [5, 5.41) is 19.7. The maximum atomic E-state index is 11.0. The molecule has 0 radical (unpaired) electrons. The van der Waals surface area contributed by atoms with Crippen LogP contribution in [0.15, 0.2) is 48.5 Å². The number of carboxylic acids is 1. The number of aromatic carboxylic acids is 1. The molecule has 0 aliphatic rings. The molecule has 5 heteroatoms. The van der Waals surface area contributed by atoms with Crippen molar-refractivity contribution in [3.63, 3.8) is 0 Å². The summed E-state index contributed by atoms with van der Waals surface area (Å²) >= 11 is 0. The summed E-state index contributed by atoms with van der Waals surface area (Å²) < 4.78 is 0. The van der Waals surface area contributed by atoms with Crippen LogP contribution in [0.5, 0.6) is 0 Å². The van der Waals surface area contributed by atoms with Gasteiger partial charge in [0, 0.05) is 6.07 Å². The van der Waals surface area contributed by atoms with E-state index >= 15 is 0 Å². The largest absolute Gasteiger partial charge is 0.477 e. The van der Waals surface area contributed by atoms with Crippen LogP contribution in [-0.4, -0.2) is 16.0 Å². The summed E-state index contributed by atoms with van der Waals surface area (Å²) in [6.45, 7) is 4.00. The molecule has 110 valence electrons. The Morgan fingerprint density at radius 2 is 1.71 bits per heavy atom. The fourth-order valence-corrected chi connectivity index (χ4v) is 1.86. The second kappa shape index (κ2) is 7.79. The minimum absolute atomic E-state index is 0.279. The van der Waals surface area contributed by atoms with Gasteiger partial charge in [0.15, 0.2) is 0 Å². The second-order valence-corrected chi connectivity index (χ2v) is 4.08. The van der Waals surface area contributed by atoms with Crippen LogP contribution in [-0.2, 0) is 6.42 Å². The Morgan fingerprint density at radius 3 is 2.24 bits per heavy atom.